The average Bonchev–Trinajstić information content (AvgIpc) is 3.00. The predicted molar refractivity (Wildman–Crippen MR) is 75.1 cm³/mol. The van der Waals surface area contributed by atoms with E-state index < -0.39 is 0 Å². The van der Waals surface area contributed by atoms with Crippen molar-refractivity contribution in [1.82, 2.24) is 9.78 Å². The number of rotatable bonds is 6. The molecular weight excluding hydrogens is 240 g/mol. The number of aliphatic hydroxyl groups is 1. The quantitative estimate of drug-likeness (QED) is 0.861. The molecule has 0 bridgehead atoms. The van der Waals surface area contributed by atoms with Crippen LogP contribution in [-0.4, -0.2) is 33.7 Å². The molecule has 1 aromatic rings. The standard InChI is InChI=1S/C15H26N2O2/c1-4-13(5-2)17-8-6-12(16-17)10-15(18)14-7-9-19-11(14)3/h6,8,11,13-15,18H,4-5,7,9-10H2,1-3H3. The van der Waals surface area contributed by atoms with Gasteiger partial charge in [0.05, 0.1) is 23.9 Å². The van der Waals surface area contributed by atoms with Gasteiger partial charge in [-0.25, -0.2) is 0 Å². The van der Waals surface area contributed by atoms with Gasteiger partial charge in [0.15, 0.2) is 0 Å². The van der Waals surface area contributed by atoms with Crippen molar-refractivity contribution in [3.05, 3.63) is 18.0 Å². The van der Waals surface area contributed by atoms with Crippen LogP contribution in [0.5, 0.6) is 0 Å². The zero-order valence-electron chi connectivity index (χ0n) is 12.2. The Kier molecular flexibility index (Phi) is 4.99. The lowest BCUT2D eigenvalue weighted by Gasteiger charge is -2.20. The van der Waals surface area contributed by atoms with E-state index in [0.29, 0.717) is 12.5 Å². The highest BCUT2D eigenvalue weighted by molar-refractivity contribution is 5.02. The molecule has 4 nitrogen and oxygen atoms in total. The summed E-state index contributed by atoms with van der Waals surface area (Å²) >= 11 is 0. The summed E-state index contributed by atoms with van der Waals surface area (Å²) in [6, 6.07) is 2.50. The van der Waals surface area contributed by atoms with E-state index in [0.717, 1.165) is 31.6 Å². The molecule has 0 saturated carbocycles. The maximum absolute atomic E-state index is 10.3. The van der Waals surface area contributed by atoms with Crippen molar-refractivity contribution >= 4 is 0 Å². The van der Waals surface area contributed by atoms with Crippen molar-refractivity contribution in [2.24, 2.45) is 5.92 Å². The highest BCUT2D eigenvalue weighted by atomic mass is 16.5. The number of aliphatic hydroxyl groups excluding tert-OH is 1. The van der Waals surface area contributed by atoms with Crippen LogP contribution in [0, 0.1) is 5.92 Å². The molecule has 4 heteroatoms. The smallest absolute Gasteiger partial charge is 0.0650 e. The number of hydrogen-bond donors (Lipinski definition) is 1. The van der Waals surface area contributed by atoms with E-state index in [4.69, 9.17) is 4.74 Å². The fourth-order valence-electron chi connectivity index (χ4n) is 2.97. The van der Waals surface area contributed by atoms with Gasteiger partial charge in [-0.2, -0.15) is 5.10 Å². The largest absolute Gasteiger partial charge is 0.392 e. The van der Waals surface area contributed by atoms with Crippen LogP contribution in [0.1, 0.15) is 51.8 Å². The summed E-state index contributed by atoms with van der Waals surface area (Å²) < 4.78 is 7.56. The van der Waals surface area contributed by atoms with Gasteiger partial charge in [0.1, 0.15) is 0 Å². The van der Waals surface area contributed by atoms with Crippen molar-refractivity contribution in [3.63, 3.8) is 0 Å². The van der Waals surface area contributed by atoms with Crippen LogP contribution < -0.4 is 0 Å². The van der Waals surface area contributed by atoms with Gasteiger partial charge < -0.3 is 9.84 Å². The van der Waals surface area contributed by atoms with Crippen LogP contribution >= 0.6 is 0 Å². The third-order valence-corrected chi connectivity index (χ3v) is 4.33. The van der Waals surface area contributed by atoms with E-state index in [-0.39, 0.29) is 18.1 Å². The second-order valence-corrected chi connectivity index (χ2v) is 5.56. The third kappa shape index (κ3) is 3.37. The first-order chi connectivity index (χ1) is 9.15. The zero-order chi connectivity index (χ0) is 13.8. The third-order valence-electron chi connectivity index (χ3n) is 4.33. The summed E-state index contributed by atoms with van der Waals surface area (Å²) in [4.78, 5) is 0. The summed E-state index contributed by atoms with van der Waals surface area (Å²) in [6.07, 6.45) is 5.62. The molecule has 0 radical (unpaired) electrons. The van der Waals surface area contributed by atoms with E-state index >= 15 is 0 Å². The molecule has 1 N–H and O–H groups in total. The normalized spacial score (nSPS) is 25.1. The summed E-state index contributed by atoms with van der Waals surface area (Å²) in [5, 5.41) is 14.9. The minimum absolute atomic E-state index is 0.163. The minimum atomic E-state index is -0.345. The van der Waals surface area contributed by atoms with Crippen molar-refractivity contribution < 1.29 is 9.84 Å². The van der Waals surface area contributed by atoms with Gasteiger partial charge in [-0.1, -0.05) is 13.8 Å². The summed E-state index contributed by atoms with van der Waals surface area (Å²) in [5.74, 6) is 0.248. The maximum atomic E-state index is 10.3. The Morgan fingerprint density at radius 1 is 1.47 bits per heavy atom. The van der Waals surface area contributed by atoms with Crippen LogP contribution in [0.3, 0.4) is 0 Å². The van der Waals surface area contributed by atoms with Crippen LogP contribution in [0.15, 0.2) is 12.3 Å². The molecule has 2 heterocycles. The number of ether oxygens (including phenoxy) is 1. The van der Waals surface area contributed by atoms with E-state index in [1.807, 2.05) is 23.9 Å². The average molecular weight is 266 g/mol. The molecule has 1 saturated heterocycles. The first kappa shape index (κ1) is 14.5. The summed E-state index contributed by atoms with van der Waals surface area (Å²) in [5.41, 5.74) is 0.985. The highest BCUT2D eigenvalue weighted by Gasteiger charge is 2.31. The van der Waals surface area contributed by atoms with E-state index in [2.05, 4.69) is 18.9 Å². The second kappa shape index (κ2) is 6.53. The van der Waals surface area contributed by atoms with Gasteiger partial charge in [-0.05, 0) is 32.3 Å². The molecule has 0 spiro atoms. The maximum Gasteiger partial charge on any atom is 0.0650 e. The fourth-order valence-corrected chi connectivity index (χ4v) is 2.97. The van der Waals surface area contributed by atoms with Gasteiger partial charge in [0.25, 0.3) is 0 Å². The Balaban J connectivity index is 1.95. The van der Waals surface area contributed by atoms with Gasteiger partial charge in [0.2, 0.25) is 0 Å². The topological polar surface area (TPSA) is 47.3 Å². The lowest BCUT2D eigenvalue weighted by Crippen LogP contribution is -2.28. The van der Waals surface area contributed by atoms with Gasteiger partial charge in [-0.3, -0.25) is 4.68 Å². The lowest BCUT2D eigenvalue weighted by molar-refractivity contribution is 0.0435. The molecule has 3 atom stereocenters. The molecule has 1 aliphatic rings. The Bertz CT molecular complexity index is 387. The number of aromatic nitrogens is 2. The van der Waals surface area contributed by atoms with E-state index in [1.54, 1.807) is 0 Å². The van der Waals surface area contributed by atoms with Crippen LogP contribution in [0.2, 0.25) is 0 Å². The van der Waals surface area contributed by atoms with Crippen LogP contribution in [-0.2, 0) is 11.2 Å². The molecule has 19 heavy (non-hydrogen) atoms. The zero-order valence-corrected chi connectivity index (χ0v) is 12.2. The molecule has 108 valence electrons. The lowest BCUT2D eigenvalue weighted by atomic mass is 9.93. The summed E-state index contributed by atoms with van der Waals surface area (Å²) in [7, 11) is 0. The van der Waals surface area contributed by atoms with Crippen LogP contribution in [0.4, 0.5) is 0 Å². The fraction of sp³-hybridized carbons (Fsp3) is 0.800. The molecule has 0 amide bonds. The predicted octanol–water partition coefficient (Wildman–Crippen LogP) is 2.57. The van der Waals surface area contributed by atoms with Crippen molar-refractivity contribution in [2.45, 2.75) is 64.7 Å². The monoisotopic (exact) mass is 266 g/mol. The van der Waals surface area contributed by atoms with Crippen molar-refractivity contribution in [3.8, 4) is 0 Å². The molecule has 3 unspecified atom stereocenters. The Morgan fingerprint density at radius 2 is 2.21 bits per heavy atom. The minimum Gasteiger partial charge on any atom is -0.392 e. The first-order valence-corrected chi connectivity index (χ1v) is 7.49. The van der Waals surface area contributed by atoms with Gasteiger partial charge in [0, 0.05) is 25.1 Å². The first-order valence-electron chi connectivity index (χ1n) is 7.49. The molecular formula is C15H26N2O2. The molecule has 1 fully saturated rings. The molecule has 2 rings (SSSR count). The molecule has 1 aliphatic heterocycles. The molecule has 0 aliphatic carbocycles. The molecule has 0 aromatic carbocycles. The number of hydrogen-bond acceptors (Lipinski definition) is 3. The van der Waals surface area contributed by atoms with Crippen LogP contribution in [0.25, 0.3) is 0 Å². The Morgan fingerprint density at radius 3 is 2.79 bits per heavy atom. The van der Waals surface area contributed by atoms with Crippen molar-refractivity contribution in [1.29, 1.82) is 0 Å². The Hall–Kier alpha value is -0.870. The van der Waals surface area contributed by atoms with E-state index in [1.165, 1.54) is 0 Å². The number of nitrogens with zero attached hydrogens (tertiary/aromatic N) is 2. The Labute approximate surface area is 115 Å². The molecule has 1 aromatic heterocycles. The van der Waals surface area contributed by atoms with Gasteiger partial charge in [-0.15, -0.1) is 0 Å². The van der Waals surface area contributed by atoms with E-state index in [9.17, 15) is 5.11 Å². The second-order valence-electron chi connectivity index (χ2n) is 5.56. The van der Waals surface area contributed by atoms with Gasteiger partial charge >= 0.3 is 0 Å². The SMILES string of the molecule is CCC(CC)n1ccc(CC(O)C2CCOC2C)n1. The van der Waals surface area contributed by atoms with Crippen molar-refractivity contribution in [2.75, 3.05) is 6.61 Å². The highest BCUT2D eigenvalue weighted by Crippen LogP contribution is 2.25. The summed E-state index contributed by atoms with van der Waals surface area (Å²) in [6.45, 7) is 7.18.